The molecule has 1 heterocycles. The van der Waals surface area contributed by atoms with Gasteiger partial charge in [0.15, 0.2) is 5.13 Å². The fourth-order valence-electron chi connectivity index (χ4n) is 2.93. The number of anilines is 1. The van der Waals surface area contributed by atoms with Crippen LogP contribution >= 0.6 is 23.1 Å². The fourth-order valence-corrected chi connectivity index (χ4v) is 4.49. The zero-order valence-electron chi connectivity index (χ0n) is 14.4. The Balaban J connectivity index is 1.51. The fraction of sp³-hybridized carbons (Fsp3) is 0.143. The number of rotatable bonds is 5. The molecule has 0 aliphatic heterocycles. The molecular weight excluding hydrogens is 360 g/mol. The number of fused-ring (bicyclic) bond motifs is 3. The molecule has 1 aromatic heterocycles. The van der Waals surface area contributed by atoms with Crippen LogP contribution in [0.4, 0.5) is 5.13 Å². The molecule has 0 aliphatic carbocycles. The number of benzene rings is 3. The summed E-state index contributed by atoms with van der Waals surface area (Å²) in [5.41, 5.74) is 1.96. The van der Waals surface area contributed by atoms with Crippen molar-refractivity contribution in [1.29, 1.82) is 0 Å². The van der Waals surface area contributed by atoms with Crippen LogP contribution in [0.1, 0.15) is 12.5 Å². The minimum absolute atomic E-state index is 0.0377. The summed E-state index contributed by atoms with van der Waals surface area (Å²) in [7, 11) is 0. The second kappa shape index (κ2) is 7.48. The molecule has 0 unspecified atom stereocenters. The van der Waals surface area contributed by atoms with Crippen LogP contribution < -0.4 is 5.32 Å². The van der Waals surface area contributed by atoms with Gasteiger partial charge in [-0.25, -0.2) is 4.98 Å². The van der Waals surface area contributed by atoms with Crippen molar-refractivity contribution < 1.29 is 4.79 Å². The number of amides is 1. The maximum absolute atomic E-state index is 12.4. The summed E-state index contributed by atoms with van der Waals surface area (Å²) in [5.74, 6) is 1.01. The van der Waals surface area contributed by atoms with Crippen LogP contribution in [-0.2, 0) is 11.2 Å². The molecule has 0 fully saturated rings. The highest BCUT2D eigenvalue weighted by Crippen LogP contribution is 2.31. The molecule has 4 rings (SSSR count). The maximum atomic E-state index is 12.4. The quantitative estimate of drug-likeness (QED) is 0.450. The van der Waals surface area contributed by atoms with Crippen molar-refractivity contribution in [3.63, 3.8) is 0 Å². The van der Waals surface area contributed by atoms with Gasteiger partial charge in [-0.15, -0.1) is 11.8 Å². The average Bonchev–Trinajstić information content (AvgIpc) is 3.06. The molecule has 3 nitrogen and oxygen atoms in total. The largest absolute Gasteiger partial charge is 0.302 e. The van der Waals surface area contributed by atoms with Crippen LogP contribution in [0.25, 0.3) is 21.0 Å². The second-order valence-corrected chi connectivity index (χ2v) is 8.32. The van der Waals surface area contributed by atoms with Crippen molar-refractivity contribution >= 4 is 55.1 Å². The number of nitrogens with zero attached hydrogens (tertiary/aromatic N) is 1. The molecule has 0 saturated heterocycles. The highest BCUT2D eigenvalue weighted by molar-refractivity contribution is 7.99. The van der Waals surface area contributed by atoms with Gasteiger partial charge in [0.1, 0.15) is 0 Å². The van der Waals surface area contributed by atoms with Crippen molar-refractivity contribution in [2.24, 2.45) is 0 Å². The van der Waals surface area contributed by atoms with E-state index < -0.39 is 0 Å². The van der Waals surface area contributed by atoms with Gasteiger partial charge in [-0.1, -0.05) is 60.7 Å². The second-order valence-electron chi connectivity index (χ2n) is 5.95. The molecule has 0 radical (unpaired) electrons. The van der Waals surface area contributed by atoms with E-state index in [4.69, 9.17) is 0 Å². The van der Waals surface area contributed by atoms with Crippen LogP contribution in [0.15, 0.2) is 65.6 Å². The van der Waals surface area contributed by atoms with Gasteiger partial charge in [0.2, 0.25) is 5.91 Å². The number of thiazole rings is 1. The Morgan fingerprint density at radius 1 is 1.08 bits per heavy atom. The first-order chi connectivity index (χ1) is 12.7. The molecule has 0 spiro atoms. The van der Waals surface area contributed by atoms with E-state index in [1.165, 1.54) is 16.2 Å². The van der Waals surface area contributed by atoms with E-state index in [-0.39, 0.29) is 5.91 Å². The Kier molecular flexibility index (Phi) is 4.91. The lowest BCUT2D eigenvalue weighted by molar-refractivity contribution is -0.115. The Hall–Kier alpha value is -2.37. The van der Waals surface area contributed by atoms with Gasteiger partial charge in [-0.2, -0.15) is 0 Å². The lowest BCUT2D eigenvalue weighted by Gasteiger charge is -2.03. The van der Waals surface area contributed by atoms with Gasteiger partial charge >= 0.3 is 0 Å². The Morgan fingerprint density at radius 2 is 1.88 bits per heavy atom. The Bertz CT molecular complexity index is 1070. The van der Waals surface area contributed by atoms with Gasteiger partial charge in [0.05, 0.1) is 16.6 Å². The minimum atomic E-state index is -0.0377. The van der Waals surface area contributed by atoms with Crippen LogP contribution in [0.2, 0.25) is 0 Å². The topological polar surface area (TPSA) is 42.0 Å². The molecule has 1 N–H and O–H groups in total. The van der Waals surface area contributed by atoms with Gasteiger partial charge in [0, 0.05) is 10.3 Å². The van der Waals surface area contributed by atoms with Crippen LogP contribution in [0.3, 0.4) is 0 Å². The molecule has 0 bridgehead atoms. The van der Waals surface area contributed by atoms with Crippen LogP contribution in [0.5, 0.6) is 0 Å². The summed E-state index contributed by atoms with van der Waals surface area (Å²) in [4.78, 5) is 18.3. The summed E-state index contributed by atoms with van der Waals surface area (Å²) >= 11 is 3.31. The molecule has 0 aliphatic rings. The molecule has 0 atom stereocenters. The zero-order chi connectivity index (χ0) is 17.9. The van der Waals surface area contributed by atoms with E-state index in [1.807, 2.05) is 24.3 Å². The predicted molar refractivity (Wildman–Crippen MR) is 112 cm³/mol. The lowest BCUT2D eigenvalue weighted by atomic mass is 10.1. The first-order valence-corrected chi connectivity index (χ1v) is 10.3. The highest BCUT2D eigenvalue weighted by Gasteiger charge is 2.10. The molecular formula is C21H18N2OS2. The third-order valence-corrected chi connectivity index (χ3v) is 5.96. The maximum Gasteiger partial charge on any atom is 0.230 e. The molecule has 4 aromatic rings. The van der Waals surface area contributed by atoms with Gasteiger partial charge < -0.3 is 5.32 Å². The van der Waals surface area contributed by atoms with Gasteiger partial charge in [-0.3, -0.25) is 4.79 Å². The molecule has 26 heavy (non-hydrogen) atoms. The summed E-state index contributed by atoms with van der Waals surface area (Å²) < 4.78 is 1.08. The number of nitrogens with one attached hydrogen (secondary N) is 1. The van der Waals surface area contributed by atoms with Gasteiger partial charge in [-0.05, 0) is 34.9 Å². The van der Waals surface area contributed by atoms with Crippen LogP contribution in [-0.4, -0.2) is 16.6 Å². The number of hydrogen-bond acceptors (Lipinski definition) is 4. The van der Waals surface area contributed by atoms with Crippen molar-refractivity contribution in [2.75, 3.05) is 11.1 Å². The van der Waals surface area contributed by atoms with E-state index in [0.29, 0.717) is 11.6 Å². The summed E-state index contributed by atoms with van der Waals surface area (Å²) in [5, 5.41) is 5.88. The number of thioether (sulfide) groups is 1. The van der Waals surface area contributed by atoms with Crippen molar-refractivity contribution in [2.45, 2.75) is 18.2 Å². The van der Waals surface area contributed by atoms with Gasteiger partial charge in [0.25, 0.3) is 0 Å². The summed E-state index contributed by atoms with van der Waals surface area (Å²) in [6.45, 7) is 2.13. The third-order valence-electron chi connectivity index (χ3n) is 4.13. The Labute approximate surface area is 160 Å². The first-order valence-electron chi connectivity index (χ1n) is 8.53. The summed E-state index contributed by atoms with van der Waals surface area (Å²) in [6, 6.07) is 20.5. The van der Waals surface area contributed by atoms with Crippen molar-refractivity contribution in [3.05, 3.63) is 66.2 Å². The highest BCUT2D eigenvalue weighted by atomic mass is 32.2. The normalized spacial score (nSPS) is 11.1. The number of hydrogen-bond donors (Lipinski definition) is 1. The SMILES string of the molecule is CCSc1ccc(CC(=O)Nc2nc3c(ccc4ccccc43)s2)cc1. The molecule has 1 amide bonds. The molecule has 5 heteroatoms. The number of carbonyl (C=O) groups is 1. The number of aromatic nitrogens is 1. The van der Waals surface area contributed by atoms with Crippen LogP contribution in [0, 0.1) is 0 Å². The molecule has 130 valence electrons. The van der Waals surface area contributed by atoms with E-state index in [9.17, 15) is 4.79 Å². The van der Waals surface area contributed by atoms with Crippen molar-refractivity contribution in [1.82, 2.24) is 4.98 Å². The third kappa shape index (κ3) is 3.59. The zero-order valence-corrected chi connectivity index (χ0v) is 16.0. The van der Waals surface area contributed by atoms with E-state index in [0.717, 1.165) is 32.3 Å². The van der Waals surface area contributed by atoms with E-state index >= 15 is 0 Å². The molecule has 0 saturated carbocycles. The van der Waals surface area contributed by atoms with E-state index in [1.54, 1.807) is 11.8 Å². The predicted octanol–water partition coefficient (Wildman–Crippen LogP) is 5.74. The number of carbonyl (C=O) groups excluding carboxylic acids is 1. The standard InChI is InChI=1S/C21H18N2OS2/c1-2-25-16-10-7-14(8-11-16)13-19(24)22-21-23-20-17-6-4-3-5-15(17)9-12-18(20)26-21/h3-12H,2,13H2,1H3,(H,22,23,24). The van der Waals surface area contributed by atoms with E-state index in [2.05, 4.69) is 53.6 Å². The smallest absolute Gasteiger partial charge is 0.230 e. The average molecular weight is 379 g/mol. The lowest BCUT2D eigenvalue weighted by Crippen LogP contribution is -2.14. The first kappa shape index (κ1) is 17.1. The molecule has 3 aromatic carbocycles. The minimum Gasteiger partial charge on any atom is -0.302 e. The summed E-state index contributed by atoms with van der Waals surface area (Å²) in [6.07, 6.45) is 0.355. The monoisotopic (exact) mass is 378 g/mol. The Morgan fingerprint density at radius 3 is 2.69 bits per heavy atom. The van der Waals surface area contributed by atoms with Crippen molar-refractivity contribution in [3.8, 4) is 0 Å².